The van der Waals surface area contributed by atoms with Crippen molar-refractivity contribution in [3.8, 4) is 11.8 Å². The van der Waals surface area contributed by atoms with E-state index in [1.807, 2.05) is 0 Å². The van der Waals surface area contributed by atoms with Crippen LogP contribution in [0.4, 0.5) is 5.00 Å². The number of nitrogens with one attached hydrogen (secondary N) is 1. The van der Waals surface area contributed by atoms with Crippen molar-refractivity contribution in [1.82, 2.24) is 0 Å². The fourth-order valence-electron chi connectivity index (χ4n) is 3.17. The molecule has 0 saturated carbocycles. The maximum atomic E-state index is 12.4. The third-order valence-electron chi connectivity index (χ3n) is 4.59. The molecule has 1 aliphatic rings. The SMILES string of the molecule is COc1ccc(S(N)(=O)=O)cc1C(=O)OCC(=O)Nc1sc2c(c1C#N)CCCC2. The van der Waals surface area contributed by atoms with Crippen molar-refractivity contribution in [3.63, 3.8) is 0 Å². The molecule has 1 aromatic carbocycles. The van der Waals surface area contributed by atoms with E-state index in [1.54, 1.807) is 0 Å². The van der Waals surface area contributed by atoms with Gasteiger partial charge in [-0.3, -0.25) is 4.79 Å². The summed E-state index contributed by atoms with van der Waals surface area (Å²) in [7, 11) is -2.73. The number of benzene rings is 1. The first kappa shape index (κ1) is 21.8. The molecule has 0 fully saturated rings. The van der Waals surface area contributed by atoms with Crippen LogP contribution < -0.4 is 15.2 Å². The number of ether oxygens (including phenoxy) is 2. The summed E-state index contributed by atoms with van der Waals surface area (Å²) >= 11 is 1.36. The molecule has 2 aromatic rings. The minimum Gasteiger partial charge on any atom is -0.496 e. The number of nitrogens with two attached hydrogens (primary N) is 1. The number of nitrogens with zero attached hydrogens (tertiary/aromatic N) is 1. The van der Waals surface area contributed by atoms with Gasteiger partial charge in [-0.05, 0) is 49.4 Å². The molecule has 0 radical (unpaired) electrons. The lowest BCUT2D eigenvalue weighted by Gasteiger charge is -2.10. The van der Waals surface area contributed by atoms with E-state index in [9.17, 15) is 23.3 Å². The Labute approximate surface area is 177 Å². The number of methoxy groups -OCH3 is 1. The minimum atomic E-state index is -4.04. The van der Waals surface area contributed by atoms with Crippen LogP contribution in [0.3, 0.4) is 0 Å². The zero-order valence-corrected chi connectivity index (χ0v) is 17.7. The summed E-state index contributed by atoms with van der Waals surface area (Å²) in [4.78, 5) is 25.4. The van der Waals surface area contributed by atoms with Crippen molar-refractivity contribution < 1.29 is 27.5 Å². The van der Waals surface area contributed by atoms with Gasteiger partial charge in [0.1, 0.15) is 22.4 Å². The van der Waals surface area contributed by atoms with Crippen LogP contribution in [0.2, 0.25) is 0 Å². The number of hydrogen-bond acceptors (Lipinski definition) is 8. The number of sulfonamides is 1. The lowest BCUT2D eigenvalue weighted by atomic mass is 9.96. The van der Waals surface area contributed by atoms with Crippen LogP contribution in [0, 0.1) is 11.3 Å². The van der Waals surface area contributed by atoms with E-state index < -0.39 is 28.5 Å². The number of rotatable bonds is 6. The van der Waals surface area contributed by atoms with E-state index in [4.69, 9.17) is 14.6 Å². The third-order valence-corrected chi connectivity index (χ3v) is 6.71. The average Bonchev–Trinajstić information content (AvgIpc) is 3.07. The Morgan fingerprint density at radius 2 is 2.03 bits per heavy atom. The van der Waals surface area contributed by atoms with E-state index in [0.29, 0.717) is 10.6 Å². The maximum absolute atomic E-state index is 12.4. The number of esters is 1. The summed E-state index contributed by atoms with van der Waals surface area (Å²) in [6.45, 7) is -0.616. The molecule has 1 aromatic heterocycles. The normalized spacial score (nSPS) is 13.1. The molecule has 30 heavy (non-hydrogen) atoms. The fraction of sp³-hybridized carbons (Fsp3) is 0.316. The Morgan fingerprint density at radius 1 is 1.30 bits per heavy atom. The van der Waals surface area contributed by atoms with Crippen molar-refractivity contribution in [2.75, 3.05) is 19.0 Å². The molecule has 0 saturated heterocycles. The first-order valence-corrected chi connectivity index (χ1v) is 11.3. The molecule has 0 bridgehead atoms. The van der Waals surface area contributed by atoms with Gasteiger partial charge in [0.05, 0.1) is 17.6 Å². The Balaban J connectivity index is 1.71. The lowest BCUT2D eigenvalue weighted by Crippen LogP contribution is -2.21. The number of primary sulfonamides is 1. The van der Waals surface area contributed by atoms with Crippen molar-refractivity contribution in [1.29, 1.82) is 5.26 Å². The van der Waals surface area contributed by atoms with Gasteiger partial charge in [-0.25, -0.2) is 18.4 Å². The smallest absolute Gasteiger partial charge is 0.342 e. The third kappa shape index (κ3) is 4.62. The van der Waals surface area contributed by atoms with E-state index >= 15 is 0 Å². The van der Waals surface area contributed by atoms with Gasteiger partial charge in [0.15, 0.2) is 6.61 Å². The molecule has 158 valence electrons. The van der Waals surface area contributed by atoms with E-state index in [1.165, 1.54) is 30.6 Å². The van der Waals surface area contributed by atoms with Crippen LogP contribution in [-0.4, -0.2) is 34.0 Å². The first-order valence-electron chi connectivity index (χ1n) is 8.97. The molecule has 11 heteroatoms. The molecular weight excluding hydrogens is 430 g/mol. The number of aryl methyl sites for hydroxylation is 1. The number of amides is 1. The molecule has 1 amide bonds. The van der Waals surface area contributed by atoms with Crippen molar-refractivity contribution in [3.05, 3.63) is 39.8 Å². The Bertz CT molecular complexity index is 1150. The molecule has 3 N–H and O–H groups in total. The van der Waals surface area contributed by atoms with Crippen LogP contribution >= 0.6 is 11.3 Å². The second kappa shape index (κ2) is 8.83. The van der Waals surface area contributed by atoms with E-state index in [-0.39, 0.29) is 16.2 Å². The molecule has 0 atom stereocenters. The van der Waals surface area contributed by atoms with Crippen LogP contribution in [0.15, 0.2) is 23.1 Å². The Kier molecular flexibility index (Phi) is 6.40. The largest absolute Gasteiger partial charge is 0.496 e. The van der Waals surface area contributed by atoms with Gasteiger partial charge < -0.3 is 14.8 Å². The number of nitriles is 1. The summed E-state index contributed by atoms with van der Waals surface area (Å²) < 4.78 is 33.1. The average molecular weight is 450 g/mol. The van der Waals surface area contributed by atoms with Gasteiger partial charge in [-0.2, -0.15) is 5.26 Å². The molecule has 1 aliphatic carbocycles. The number of hydrogen-bond donors (Lipinski definition) is 2. The van der Waals surface area contributed by atoms with Crippen LogP contribution in [0.25, 0.3) is 0 Å². The standard InChI is InChI=1S/C19H19N3O6S2/c1-27-15-7-6-11(30(21,25)26)8-13(15)19(24)28-10-17(23)22-18-14(9-20)12-4-2-3-5-16(12)29-18/h6-8H,2-5,10H2,1H3,(H,22,23)(H2,21,25,26). The van der Waals surface area contributed by atoms with Gasteiger partial charge in [0.2, 0.25) is 10.0 Å². The first-order chi connectivity index (χ1) is 14.2. The Hall–Kier alpha value is -2.94. The molecule has 0 aliphatic heterocycles. The second-order valence-electron chi connectivity index (χ2n) is 6.56. The number of anilines is 1. The monoisotopic (exact) mass is 449 g/mol. The fourth-order valence-corrected chi connectivity index (χ4v) is 4.96. The highest BCUT2D eigenvalue weighted by molar-refractivity contribution is 7.89. The molecule has 9 nitrogen and oxygen atoms in total. The van der Waals surface area contributed by atoms with E-state index in [2.05, 4.69) is 11.4 Å². The molecule has 0 spiro atoms. The highest BCUT2D eigenvalue weighted by Gasteiger charge is 2.23. The van der Waals surface area contributed by atoms with Crippen LogP contribution in [0.1, 0.15) is 39.2 Å². The van der Waals surface area contributed by atoms with Gasteiger partial charge in [0, 0.05) is 4.88 Å². The Morgan fingerprint density at radius 3 is 2.70 bits per heavy atom. The number of carbonyl (C=O) groups excluding carboxylic acids is 2. The number of carbonyl (C=O) groups is 2. The second-order valence-corrected chi connectivity index (χ2v) is 9.22. The maximum Gasteiger partial charge on any atom is 0.342 e. The summed E-state index contributed by atoms with van der Waals surface area (Å²) in [5.41, 5.74) is 1.25. The predicted octanol–water partition coefficient (Wildman–Crippen LogP) is 1.95. The van der Waals surface area contributed by atoms with Crippen LogP contribution in [-0.2, 0) is 32.4 Å². The van der Waals surface area contributed by atoms with E-state index in [0.717, 1.165) is 42.2 Å². The minimum absolute atomic E-state index is 0.0745. The lowest BCUT2D eigenvalue weighted by molar-refractivity contribution is -0.119. The topological polar surface area (TPSA) is 149 Å². The van der Waals surface area contributed by atoms with Crippen molar-refractivity contribution >= 4 is 38.2 Å². The molecule has 3 rings (SSSR count). The van der Waals surface area contributed by atoms with Gasteiger partial charge in [-0.15, -0.1) is 11.3 Å². The van der Waals surface area contributed by atoms with Gasteiger partial charge >= 0.3 is 5.97 Å². The zero-order valence-electron chi connectivity index (χ0n) is 16.1. The van der Waals surface area contributed by atoms with Crippen LogP contribution in [0.5, 0.6) is 5.75 Å². The number of thiophene rings is 1. The van der Waals surface area contributed by atoms with Crippen molar-refractivity contribution in [2.45, 2.75) is 30.6 Å². The summed E-state index contributed by atoms with van der Waals surface area (Å²) in [6.07, 6.45) is 3.73. The zero-order chi connectivity index (χ0) is 21.9. The highest BCUT2D eigenvalue weighted by Crippen LogP contribution is 2.37. The van der Waals surface area contributed by atoms with Crippen molar-refractivity contribution in [2.24, 2.45) is 5.14 Å². The summed E-state index contributed by atoms with van der Waals surface area (Å²) in [6, 6.07) is 5.62. The number of fused-ring (bicyclic) bond motifs is 1. The predicted molar refractivity (Wildman–Crippen MR) is 109 cm³/mol. The van der Waals surface area contributed by atoms with Gasteiger partial charge in [-0.1, -0.05) is 0 Å². The van der Waals surface area contributed by atoms with Gasteiger partial charge in [0.25, 0.3) is 5.91 Å². The molecular formula is C19H19N3O6S2. The molecule has 1 heterocycles. The quantitative estimate of drug-likeness (QED) is 0.640. The summed E-state index contributed by atoms with van der Waals surface area (Å²) in [5, 5.41) is 17.6. The molecule has 0 unspecified atom stereocenters. The summed E-state index contributed by atoms with van der Waals surface area (Å²) in [5.74, 6) is -1.48. The highest BCUT2D eigenvalue weighted by atomic mass is 32.2.